The Hall–Kier alpha value is -1.86. The third kappa shape index (κ3) is 4.07. The van der Waals surface area contributed by atoms with Crippen molar-refractivity contribution in [1.29, 1.82) is 0 Å². The minimum atomic E-state index is -0.00134. The molecule has 2 rings (SSSR count). The van der Waals surface area contributed by atoms with Gasteiger partial charge < -0.3 is 15.4 Å². The molecule has 7 heteroatoms. The maximum absolute atomic E-state index is 12.3. The molecule has 0 atom stereocenters. The molecule has 0 saturated heterocycles. The summed E-state index contributed by atoms with van der Waals surface area (Å²) in [4.78, 5) is 15.2. The molecule has 0 unspecified atom stereocenters. The van der Waals surface area contributed by atoms with Gasteiger partial charge in [0.05, 0.1) is 13.2 Å². The second-order valence-corrected chi connectivity index (χ2v) is 5.36. The van der Waals surface area contributed by atoms with Gasteiger partial charge >= 0.3 is 0 Å². The van der Waals surface area contributed by atoms with E-state index in [4.69, 9.17) is 10.5 Å². The molecule has 0 radical (unpaired) electrons. The van der Waals surface area contributed by atoms with Gasteiger partial charge in [0.2, 0.25) is 5.91 Å². The lowest BCUT2D eigenvalue weighted by Crippen LogP contribution is -2.35. The standard InChI is InChI=1S/C13H18N4O2S/c1-19-7-6-16(9-11-3-2-8-20-11)13(18)10-17-5-4-12(14)15-17/h2-5,8H,6-7,9-10H2,1H3,(H2,14,15). The summed E-state index contributed by atoms with van der Waals surface area (Å²) in [5.74, 6) is 0.415. The molecule has 2 N–H and O–H groups in total. The monoisotopic (exact) mass is 294 g/mol. The average Bonchev–Trinajstić information content (AvgIpc) is 3.06. The molecule has 2 heterocycles. The van der Waals surface area contributed by atoms with Gasteiger partial charge in [-0.05, 0) is 17.5 Å². The fourth-order valence-electron chi connectivity index (χ4n) is 1.79. The second kappa shape index (κ2) is 7.06. The number of carbonyl (C=O) groups excluding carboxylic acids is 1. The van der Waals surface area contributed by atoms with Gasteiger partial charge in [0.25, 0.3) is 0 Å². The lowest BCUT2D eigenvalue weighted by molar-refractivity contribution is -0.133. The van der Waals surface area contributed by atoms with E-state index in [0.717, 1.165) is 4.88 Å². The Labute approximate surface area is 121 Å². The average molecular weight is 294 g/mol. The molecule has 0 aliphatic heterocycles. The molecule has 6 nitrogen and oxygen atoms in total. The van der Waals surface area contributed by atoms with Gasteiger partial charge in [0.1, 0.15) is 12.4 Å². The van der Waals surface area contributed by atoms with Crippen molar-refractivity contribution in [3.63, 3.8) is 0 Å². The minimum Gasteiger partial charge on any atom is -0.383 e. The molecule has 0 aromatic carbocycles. The van der Waals surface area contributed by atoms with Gasteiger partial charge in [-0.15, -0.1) is 11.3 Å². The lowest BCUT2D eigenvalue weighted by Gasteiger charge is -2.21. The molecular formula is C13H18N4O2S. The molecule has 2 aromatic heterocycles. The Morgan fingerprint density at radius 3 is 3.00 bits per heavy atom. The van der Waals surface area contributed by atoms with Gasteiger partial charge in [-0.25, -0.2) is 0 Å². The van der Waals surface area contributed by atoms with E-state index in [1.54, 1.807) is 40.3 Å². The van der Waals surface area contributed by atoms with Crippen LogP contribution in [0.2, 0.25) is 0 Å². The highest BCUT2D eigenvalue weighted by Crippen LogP contribution is 2.12. The fraction of sp³-hybridized carbons (Fsp3) is 0.385. The van der Waals surface area contributed by atoms with Crippen molar-refractivity contribution >= 4 is 23.1 Å². The van der Waals surface area contributed by atoms with Gasteiger partial charge in [0.15, 0.2) is 0 Å². The van der Waals surface area contributed by atoms with Crippen LogP contribution in [0.5, 0.6) is 0 Å². The van der Waals surface area contributed by atoms with Crippen LogP contribution in [0, 0.1) is 0 Å². The van der Waals surface area contributed by atoms with Crippen molar-refractivity contribution in [3.8, 4) is 0 Å². The number of ether oxygens (including phenoxy) is 1. The van der Waals surface area contributed by atoms with E-state index in [-0.39, 0.29) is 12.5 Å². The van der Waals surface area contributed by atoms with Crippen LogP contribution in [0.1, 0.15) is 4.88 Å². The summed E-state index contributed by atoms with van der Waals surface area (Å²) in [5.41, 5.74) is 5.55. The van der Waals surface area contributed by atoms with Crippen molar-refractivity contribution in [2.24, 2.45) is 0 Å². The van der Waals surface area contributed by atoms with E-state index in [9.17, 15) is 4.79 Å². The Bertz CT molecular complexity index is 538. The number of nitrogens with two attached hydrogens (primary N) is 1. The zero-order chi connectivity index (χ0) is 14.4. The summed E-state index contributed by atoms with van der Waals surface area (Å²) in [7, 11) is 1.63. The first-order chi connectivity index (χ1) is 9.69. The van der Waals surface area contributed by atoms with Crippen LogP contribution in [0.3, 0.4) is 0 Å². The first-order valence-corrected chi connectivity index (χ1v) is 7.15. The molecule has 0 spiro atoms. The van der Waals surface area contributed by atoms with Crippen LogP contribution in [0.4, 0.5) is 5.82 Å². The molecule has 2 aromatic rings. The number of carbonyl (C=O) groups is 1. The molecule has 0 aliphatic rings. The molecule has 0 bridgehead atoms. The number of rotatable bonds is 7. The van der Waals surface area contributed by atoms with Gasteiger partial charge in [0, 0.05) is 24.7 Å². The van der Waals surface area contributed by atoms with Crippen LogP contribution in [-0.2, 0) is 22.6 Å². The Morgan fingerprint density at radius 1 is 1.55 bits per heavy atom. The normalized spacial score (nSPS) is 10.7. The SMILES string of the molecule is COCCN(Cc1cccs1)C(=O)Cn1ccc(N)n1. The highest BCUT2D eigenvalue weighted by Gasteiger charge is 2.15. The molecule has 0 aliphatic carbocycles. The van der Waals surface area contributed by atoms with E-state index < -0.39 is 0 Å². The van der Waals surface area contributed by atoms with Crippen molar-refractivity contribution in [1.82, 2.24) is 14.7 Å². The number of anilines is 1. The van der Waals surface area contributed by atoms with Crippen LogP contribution in [-0.4, -0.2) is 40.8 Å². The third-order valence-corrected chi connectivity index (χ3v) is 3.66. The summed E-state index contributed by atoms with van der Waals surface area (Å²) < 4.78 is 6.61. The number of methoxy groups -OCH3 is 1. The van der Waals surface area contributed by atoms with Crippen LogP contribution < -0.4 is 5.73 Å². The summed E-state index contributed by atoms with van der Waals surface area (Å²) in [6, 6.07) is 5.67. The van der Waals surface area contributed by atoms with E-state index in [2.05, 4.69) is 5.10 Å². The summed E-state index contributed by atoms with van der Waals surface area (Å²) in [5, 5.41) is 6.03. The molecule has 20 heavy (non-hydrogen) atoms. The van der Waals surface area contributed by atoms with E-state index in [1.165, 1.54) is 0 Å². The Balaban J connectivity index is 1.99. The smallest absolute Gasteiger partial charge is 0.244 e. The maximum Gasteiger partial charge on any atom is 0.244 e. The summed E-state index contributed by atoms with van der Waals surface area (Å²) in [6.07, 6.45) is 1.70. The number of nitrogens with zero attached hydrogens (tertiary/aromatic N) is 3. The number of nitrogen functional groups attached to an aromatic ring is 1. The zero-order valence-corrected chi connectivity index (χ0v) is 12.2. The topological polar surface area (TPSA) is 73.4 Å². The molecule has 108 valence electrons. The fourth-order valence-corrected chi connectivity index (χ4v) is 2.51. The molecule has 0 fully saturated rings. The molecular weight excluding hydrogens is 276 g/mol. The predicted molar refractivity (Wildman–Crippen MR) is 78.3 cm³/mol. The van der Waals surface area contributed by atoms with Crippen LogP contribution >= 0.6 is 11.3 Å². The summed E-state index contributed by atoms with van der Waals surface area (Å²) in [6.45, 7) is 1.85. The molecule has 0 saturated carbocycles. The second-order valence-electron chi connectivity index (χ2n) is 4.33. The predicted octanol–water partition coefficient (Wildman–Crippen LogP) is 1.20. The minimum absolute atomic E-state index is 0.00134. The lowest BCUT2D eigenvalue weighted by atomic mass is 10.4. The van der Waals surface area contributed by atoms with Gasteiger partial charge in [-0.2, -0.15) is 5.10 Å². The van der Waals surface area contributed by atoms with Crippen molar-refractivity contribution in [3.05, 3.63) is 34.7 Å². The van der Waals surface area contributed by atoms with Gasteiger partial charge in [-0.3, -0.25) is 9.48 Å². The molecule has 1 amide bonds. The Morgan fingerprint density at radius 2 is 2.40 bits per heavy atom. The number of aromatic nitrogens is 2. The number of hydrogen-bond donors (Lipinski definition) is 1. The van der Waals surface area contributed by atoms with Gasteiger partial charge in [-0.1, -0.05) is 6.07 Å². The quantitative estimate of drug-likeness (QED) is 0.833. The largest absolute Gasteiger partial charge is 0.383 e. The maximum atomic E-state index is 12.3. The van der Waals surface area contributed by atoms with E-state index >= 15 is 0 Å². The number of amides is 1. The highest BCUT2D eigenvalue weighted by molar-refractivity contribution is 7.09. The first-order valence-electron chi connectivity index (χ1n) is 6.27. The third-order valence-electron chi connectivity index (χ3n) is 2.80. The number of thiophene rings is 1. The van der Waals surface area contributed by atoms with E-state index in [1.807, 2.05) is 17.5 Å². The Kier molecular flexibility index (Phi) is 5.14. The van der Waals surface area contributed by atoms with Crippen molar-refractivity contribution < 1.29 is 9.53 Å². The van der Waals surface area contributed by atoms with Crippen molar-refractivity contribution in [2.45, 2.75) is 13.1 Å². The van der Waals surface area contributed by atoms with Crippen molar-refractivity contribution in [2.75, 3.05) is 26.0 Å². The zero-order valence-electron chi connectivity index (χ0n) is 11.4. The highest BCUT2D eigenvalue weighted by atomic mass is 32.1. The number of hydrogen-bond acceptors (Lipinski definition) is 5. The van der Waals surface area contributed by atoms with Crippen LogP contribution in [0.15, 0.2) is 29.8 Å². The summed E-state index contributed by atoms with van der Waals surface area (Å²) >= 11 is 1.64. The first kappa shape index (κ1) is 14.5. The van der Waals surface area contributed by atoms with E-state index in [0.29, 0.717) is 25.5 Å². The van der Waals surface area contributed by atoms with Crippen LogP contribution in [0.25, 0.3) is 0 Å².